The summed E-state index contributed by atoms with van der Waals surface area (Å²) >= 11 is 0. The number of ether oxygens (including phenoxy) is 1. The van der Waals surface area contributed by atoms with Gasteiger partial charge >= 0.3 is 0 Å². The number of nitrogens with one attached hydrogen (secondary N) is 1. The minimum atomic E-state index is -4.32. The predicted octanol–water partition coefficient (Wildman–Crippen LogP) is 3.09. The minimum absolute atomic E-state index is 0.0163. The molecule has 1 fully saturated rings. The smallest absolute Gasteiger partial charge is 0.246 e. The molecule has 1 aliphatic rings. The molecule has 0 saturated carbocycles. The molecule has 5 nitrogen and oxygen atoms in total. The van der Waals surface area contributed by atoms with Gasteiger partial charge in [0.05, 0.1) is 7.11 Å². The molecule has 1 saturated heterocycles. The largest absolute Gasteiger partial charge is 0.497 e. The third-order valence-electron chi connectivity index (χ3n) is 4.74. The quantitative estimate of drug-likeness (QED) is 0.781. The Morgan fingerprint density at radius 3 is 2.22 bits per heavy atom. The molecule has 0 aliphatic carbocycles. The highest BCUT2D eigenvalue weighted by atomic mass is 32.2. The minimum Gasteiger partial charge on any atom is -0.497 e. The standard InChI is InChI=1S/C19H22F2N2O3S/c1-26-15-9-7-14(8-10-15)18(23-11-2-3-12-23)13-22-27(24,25)19-16(20)5-4-6-17(19)21/h4-10,18,22H,2-3,11-13H2,1H3. The van der Waals surface area contributed by atoms with Crippen LogP contribution in [0.5, 0.6) is 5.75 Å². The number of rotatable bonds is 7. The number of likely N-dealkylation sites (tertiary alicyclic amines) is 1. The number of hydrogen-bond acceptors (Lipinski definition) is 4. The summed E-state index contributed by atoms with van der Waals surface area (Å²) in [5.41, 5.74) is 0.911. The van der Waals surface area contributed by atoms with Gasteiger partial charge in [0.2, 0.25) is 10.0 Å². The van der Waals surface area contributed by atoms with E-state index in [1.807, 2.05) is 24.3 Å². The SMILES string of the molecule is COc1ccc(C(CNS(=O)(=O)c2c(F)cccc2F)N2CCCC2)cc1. The molecule has 8 heteroatoms. The molecular weight excluding hydrogens is 374 g/mol. The Hall–Kier alpha value is -2.03. The van der Waals surface area contributed by atoms with Crippen LogP contribution in [0.3, 0.4) is 0 Å². The van der Waals surface area contributed by atoms with Gasteiger partial charge in [-0.05, 0) is 55.8 Å². The van der Waals surface area contributed by atoms with Crippen LogP contribution in [0.2, 0.25) is 0 Å². The fourth-order valence-corrected chi connectivity index (χ4v) is 4.51. The van der Waals surface area contributed by atoms with E-state index in [1.165, 1.54) is 0 Å². The van der Waals surface area contributed by atoms with Gasteiger partial charge in [0, 0.05) is 12.6 Å². The average Bonchev–Trinajstić information content (AvgIpc) is 3.16. The third-order valence-corrected chi connectivity index (χ3v) is 6.21. The molecule has 27 heavy (non-hydrogen) atoms. The molecule has 0 radical (unpaired) electrons. The van der Waals surface area contributed by atoms with Crippen molar-refractivity contribution in [1.29, 1.82) is 0 Å². The first-order valence-electron chi connectivity index (χ1n) is 8.74. The van der Waals surface area contributed by atoms with Gasteiger partial charge in [-0.2, -0.15) is 0 Å². The summed E-state index contributed by atoms with van der Waals surface area (Å²) in [7, 11) is -2.74. The molecule has 3 rings (SSSR count). The highest BCUT2D eigenvalue weighted by molar-refractivity contribution is 7.89. The molecule has 2 aromatic rings. The van der Waals surface area contributed by atoms with E-state index < -0.39 is 26.6 Å². The van der Waals surface area contributed by atoms with Crippen LogP contribution in [0.1, 0.15) is 24.4 Å². The van der Waals surface area contributed by atoms with Crippen molar-refractivity contribution in [3.05, 3.63) is 59.7 Å². The average molecular weight is 396 g/mol. The normalized spacial score (nSPS) is 16.4. The number of methoxy groups -OCH3 is 1. The fraction of sp³-hybridized carbons (Fsp3) is 0.368. The summed E-state index contributed by atoms with van der Waals surface area (Å²) in [6.45, 7) is 1.70. The number of hydrogen-bond donors (Lipinski definition) is 1. The van der Waals surface area contributed by atoms with E-state index in [2.05, 4.69) is 9.62 Å². The van der Waals surface area contributed by atoms with Crippen molar-refractivity contribution in [2.75, 3.05) is 26.7 Å². The van der Waals surface area contributed by atoms with E-state index in [1.54, 1.807) is 7.11 Å². The molecule has 0 aromatic heterocycles. The Balaban J connectivity index is 1.83. The van der Waals surface area contributed by atoms with Crippen molar-refractivity contribution in [2.45, 2.75) is 23.8 Å². The van der Waals surface area contributed by atoms with Crippen LogP contribution in [0.4, 0.5) is 8.78 Å². The van der Waals surface area contributed by atoms with E-state index in [0.717, 1.165) is 49.7 Å². The van der Waals surface area contributed by atoms with Gasteiger partial charge in [-0.15, -0.1) is 0 Å². The van der Waals surface area contributed by atoms with Crippen molar-refractivity contribution >= 4 is 10.0 Å². The van der Waals surface area contributed by atoms with E-state index in [4.69, 9.17) is 4.74 Å². The highest BCUT2D eigenvalue weighted by Gasteiger charge is 2.28. The van der Waals surface area contributed by atoms with Crippen molar-refractivity contribution < 1.29 is 21.9 Å². The summed E-state index contributed by atoms with van der Waals surface area (Å²) in [5.74, 6) is -1.51. The van der Waals surface area contributed by atoms with Crippen LogP contribution in [0.15, 0.2) is 47.4 Å². The summed E-state index contributed by atoms with van der Waals surface area (Å²) in [6, 6.07) is 10.1. The molecule has 1 heterocycles. The maximum atomic E-state index is 13.9. The summed E-state index contributed by atoms with van der Waals surface area (Å²) in [6.07, 6.45) is 2.06. The van der Waals surface area contributed by atoms with Crippen LogP contribution < -0.4 is 9.46 Å². The Labute approximate surface area is 158 Å². The monoisotopic (exact) mass is 396 g/mol. The Bertz CT molecular complexity index is 862. The van der Waals surface area contributed by atoms with E-state index in [0.29, 0.717) is 5.75 Å². The first-order valence-corrected chi connectivity index (χ1v) is 10.2. The summed E-state index contributed by atoms with van der Waals surface area (Å²) < 4.78 is 60.3. The molecule has 1 atom stereocenters. The van der Waals surface area contributed by atoms with Crippen LogP contribution in [0.25, 0.3) is 0 Å². The summed E-state index contributed by atoms with van der Waals surface area (Å²) in [5, 5.41) is 0. The van der Waals surface area contributed by atoms with Crippen molar-refractivity contribution in [2.24, 2.45) is 0 Å². The first-order chi connectivity index (χ1) is 12.9. The first kappa shape index (κ1) is 19.7. The Morgan fingerprint density at radius 1 is 1.07 bits per heavy atom. The third kappa shape index (κ3) is 4.45. The highest BCUT2D eigenvalue weighted by Crippen LogP contribution is 2.27. The molecular formula is C19H22F2N2O3S. The molecule has 2 aromatic carbocycles. The zero-order chi connectivity index (χ0) is 19.4. The lowest BCUT2D eigenvalue weighted by atomic mass is 10.1. The number of nitrogens with zero attached hydrogens (tertiary/aromatic N) is 1. The van der Waals surface area contributed by atoms with E-state index in [-0.39, 0.29) is 12.6 Å². The van der Waals surface area contributed by atoms with Gasteiger partial charge < -0.3 is 4.74 Å². The lowest BCUT2D eigenvalue weighted by Gasteiger charge is -2.28. The molecule has 1 N–H and O–H groups in total. The van der Waals surface area contributed by atoms with Gasteiger partial charge in [-0.3, -0.25) is 4.90 Å². The number of sulfonamides is 1. The second-order valence-electron chi connectivity index (χ2n) is 6.43. The van der Waals surface area contributed by atoms with Crippen molar-refractivity contribution in [3.63, 3.8) is 0 Å². The molecule has 0 spiro atoms. The van der Waals surface area contributed by atoms with Crippen LogP contribution in [-0.2, 0) is 10.0 Å². The van der Waals surface area contributed by atoms with Crippen LogP contribution in [0, 0.1) is 11.6 Å². The molecule has 146 valence electrons. The van der Waals surface area contributed by atoms with Gasteiger partial charge in [0.25, 0.3) is 0 Å². The zero-order valence-corrected chi connectivity index (χ0v) is 15.8. The maximum absolute atomic E-state index is 13.9. The number of benzene rings is 2. The molecule has 0 amide bonds. The predicted molar refractivity (Wildman–Crippen MR) is 98.1 cm³/mol. The van der Waals surface area contributed by atoms with Gasteiger partial charge in [0.1, 0.15) is 17.4 Å². The van der Waals surface area contributed by atoms with Gasteiger partial charge in [-0.25, -0.2) is 21.9 Å². The Morgan fingerprint density at radius 2 is 1.67 bits per heavy atom. The lowest BCUT2D eigenvalue weighted by molar-refractivity contribution is 0.246. The maximum Gasteiger partial charge on any atom is 0.246 e. The van der Waals surface area contributed by atoms with Crippen molar-refractivity contribution in [1.82, 2.24) is 9.62 Å². The second kappa shape index (κ2) is 8.33. The van der Waals surface area contributed by atoms with Gasteiger partial charge in [-0.1, -0.05) is 18.2 Å². The van der Waals surface area contributed by atoms with E-state index >= 15 is 0 Å². The van der Waals surface area contributed by atoms with E-state index in [9.17, 15) is 17.2 Å². The zero-order valence-electron chi connectivity index (χ0n) is 15.0. The van der Waals surface area contributed by atoms with Crippen molar-refractivity contribution in [3.8, 4) is 5.75 Å². The number of halogens is 2. The lowest BCUT2D eigenvalue weighted by Crippen LogP contribution is -2.37. The fourth-order valence-electron chi connectivity index (χ4n) is 3.34. The molecule has 0 bridgehead atoms. The Kier molecular flexibility index (Phi) is 6.08. The topological polar surface area (TPSA) is 58.6 Å². The summed E-state index contributed by atoms with van der Waals surface area (Å²) in [4.78, 5) is 1.22. The second-order valence-corrected chi connectivity index (χ2v) is 8.14. The van der Waals surface area contributed by atoms with Crippen LogP contribution in [-0.4, -0.2) is 40.1 Å². The molecule has 1 aliphatic heterocycles. The van der Waals surface area contributed by atoms with Gasteiger partial charge in [0.15, 0.2) is 4.90 Å². The van der Waals surface area contributed by atoms with Crippen LogP contribution >= 0.6 is 0 Å². The molecule has 1 unspecified atom stereocenters.